The van der Waals surface area contributed by atoms with E-state index in [2.05, 4.69) is 0 Å². The number of carboxylic acid groups (broad SMARTS) is 1. The Labute approximate surface area is 67.3 Å². The Morgan fingerprint density at radius 2 is 2.18 bits per heavy atom. The molecule has 11 heavy (non-hydrogen) atoms. The summed E-state index contributed by atoms with van der Waals surface area (Å²) in [4.78, 5) is 10.1. The lowest BCUT2D eigenvalue weighted by Gasteiger charge is -2.02. The van der Waals surface area contributed by atoms with Gasteiger partial charge in [-0.1, -0.05) is 0 Å². The summed E-state index contributed by atoms with van der Waals surface area (Å²) in [6.45, 7) is 0. The van der Waals surface area contributed by atoms with E-state index < -0.39 is 22.8 Å². The molecule has 0 fully saturated rings. The summed E-state index contributed by atoms with van der Waals surface area (Å²) in [5, 5.41) is 8.27. The van der Waals surface area contributed by atoms with Crippen molar-refractivity contribution in [2.75, 3.05) is 12.0 Å². The second-order valence-corrected chi connectivity index (χ2v) is 3.57. The molecule has 5 N–H and O–H groups in total. The summed E-state index contributed by atoms with van der Waals surface area (Å²) in [6.07, 6.45) is 1.80. The molecule has 0 rings (SSSR count). The van der Waals surface area contributed by atoms with E-state index in [1.807, 2.05) is 0 Å². The summed E-state index contributed by atoms with van der Waals surface area (Å²) in [5.74, 6) is -0.682. The molecule has 6 heteroatoms. The second-order valence-electron chi connectivity index (χ2n) is 2.01. The summed E-state index contributed by atoms with van der Waals surface area (Å²) in [7, 11) is -0.946. The zero-order valence-electron chi connectivity index (χ0n) is 6.24. The summed E-state index contributed by atoms with van der Waals surface area (Å²) < 4.78 is 10.4. The van der Waals surface area contributed by atoms with Gasteiger partial charge in [-0.05, 0) is 6.42 Å². The number of hydrogen-bond acceptors (Lipinski definition) is 3. The van der Waals surface area contributed by atoms with E-state index in [0.29, 0.717) is 5.75 Å². The van der Waals surface area contributed by atoms with E-state index in [0.717, 1.165) is 0 Å². The second kappa shape index (κ2) is 6.26. The van der Waals surface area contributed by atoms with Gasteiger partial charge in [0.05, 0.1) is 0 Å². The maximum absolute atomic E-state index is 10.4. The number of hydrogen-bond donors (Lipinski definition) is 2. The molecule has 0 saturated heterocycles. The molecule has 0 heterocycles. The highest BCUT2D eigenvalue weighted by atomic mass is 32.2. The van der Waals surface area contributed by atoms with Crippen LogP contribution in [0.5, 0.6) is 0 Å². The van der Waals surface area contributed by atoms with Gasteiger partial charge < -0.3 is 16.3 Å². The molecule has 0 aliphatic rings. The molecule has 0 aliphatic heterocycles. The summed E-state index contributed by atoms with van der Waals surface area (Å²) in [5.41, 5.74) is 5.13. The lowest BCUT2D eigenvalue weighted by Crippen LogP contribution is -2.31. The van der Waals surface area contributed by atoms with Crippen molar-refractivity contribution in [3.05, 3.63) is 0 Å². The van der Waals surface area contributed by atoms with E-state index in [1.165, 1.54) is 6.26 Å². The molecule has 1 unspecified atom stereocenters. The van der Waals surface area contributed by atoms with Gasteiger partial charge in [-0.25, -0.2) is 0 Å². The molecule has 0 radical (unpaired) electrons. The molecule has 0 aromatic heterocycles. The first-order chi connectivity index (χ1) is 4.54. The van der Waals surface area contributed by atoms with Gasteiger partial charge in [-0.2, -0.15) is 0 Å². The predicted octanol–water partition coefficient (Wildman–Crippen LogP) is -1.66. The Kier molecular flexibility index (Phi) is 7.49. The van der Waals surface area contributed by atoms with Crippen LogP contribution in [-0.2, 0) is 15.6 Å². The largest absolute Gasteiger partial charge is 0.480 e. The molecule has 0 aromatic rings. The SMILES string of the molecule is CS(=O)CC[C@H](N)C(=O)O.O. The van der Waals surface area contributed by atoms with Crippen LogP contribution in [0.4, 0.5) is 0 Å². The molecule has 0 bridgehead atoms. The van der Waals surface area contributed by atoms with Crippen molar-refractivity contribution >= 4 is 16.8 Å². The van der Waals surface area contributed by atoms with E-state index in [-0.39, 0.29) is 11.9 Å². The van der Waals surface area contributed by atoms with Gasteiger partial charge in [0.2, 0.25) is 0 Å². The molecule has 0 aliphatic carbocycles. The van der Waals surface area contributed by atoms with Gasteiger partial charge in [0.15, 0.2) is 0 Å². The summed E-state index contributed by atoms with van der Waals surface area (Å²) >= 11 is 0. The molecule has 0 amide bonds. The van der Waals surface area contributed by atoms with Crippen LogP contribution in [0.2, 0.25) is 0 Å². The third kappa shape index (κ3) is 7.44. The fourth-order valence-electron chi connectivity index (χ4n) is 0.416. The minimum absolute atomic E-state index is 0. The van der Waals surface area contributed by atoms with Crippen LogP contribution in [0.15, 0.2) is 0 Å². The van der Waals surface area contributed by atoms with E-state index >= 15 is 0 Å². The van der Waals surface area contributed by atoms with E-state index in [4.69, 9.17) is 10.8 Å². The molecule has 2 atom stereocenters. The Morgan fingerprint density at radius 3 is 2.45 bits per heavy atom. The van der Waals surface area contributed by atoms with E-state index in [1.54, 1.807) is 0 Å². The van der Waals surface area contributed by atoms with Crippen molar-refractivity contribution in [1.29, 1.82) is 0 Å². The normalized spacial score (nSPS) is 14.7. The van der Waals surface area contributed by atoms with Gasteiger partial charge in [0, 0.05) is 22.8 Å². The minimum Gasteiger partial charge on any atom is -0.480 e. The fourth-order valence-corrected chi connectivity index (χ4v) is 1.00. The van der Waals surface area contributed by atoms with Crippen LogP contribution in [0.25, 0.3) is 0 Å². The molecular formula is C5H13NO4S. The highest BCUT2D eigenvalue weighted by molar-refractivity contribution is 7.84. The maximum Gasteiger partial charge on any atom is 0.320 e. The van der Waals surface area contributed by atoms with Gasteiger partial charge in [0.25, 0.3) is 0 Å². The third-order valence-electron chi connectivity index (χ3n) is 1.03. The van der Waals surface area contributed by atoms with Crippen LogP contribution in [-0.4, -0.2) is 38.8 Å². The van der Waals surface area contributed by atoms with Gasteiger partial charge >= 0.3 is 5.97 Å². The zero-order chi connectivity index (χ0) is 8.15. The first-order valence-electron chi connectivity index (χ1n) is 2.82. The average Bonchev–Trinajstić information content (AvgIpc) is 1.82. The van der Waals surface area contributed by atoms with Crippen molar-refractivity contribution in [1.82, 2.24) is 0 Å². The Hall–Kier alpha value is -0.460. The third-order valence-corrected chi connectivity index (χ3v) is 1.84. The first kappa shape index (κ1) is 13.2. The topological polar surface area (TPSA) is 112 Å². The highest BCUT2D eigenvalue weighted by Crippen LogP contribution is 1.89. The molecule has 68 valence electrons. The number of carbonyl (C=O) groups is 1. The smallest absolute Gasteiger partial charge is 0.320 e. The van der Waals surface area contributed by atoms with Crippen LogP contribution < -0.4 is 5.73 Å². The lowest BCUT2D eigenvalue weighted by atomic mass is 10.2. The van der Waals surface area contributed by atoms with Crippen molar-refractivity contribution < 1.29 is 19.6 Å². The van der Waals surface area contributed by atoms with Gasteiger partial charge in [-0.15, -0.1) is 0 Å². The molecule has 5 nitrogen and oxygen atoms in total. The number of carboxylic acids is 1. The predicted molar refractivity (Wildman–Crippen MR) is 42.8 cm³/mol. The quantitative estimate of drug-likeness (QED) is 0.543. The van der Waals surface area contributed by atoms with Crippen molar-refractivity contribution in [3.8, 4) is 0 Å². The molecular weight excluding hydrogens is 170 g/mol. The van der Waals surface area contributed by atoms with Crippen LogP contribution in [0.3, 0.4) is 0 Å². The maximum atomic E-state index is 10.4. The summed E-state index contributed by atoms with van der Waals surface area (Å²) in [6, 6.07) is -0.871. The highest BCUT2D eigenvalue weighted by Gasteiger charge is 2.10. The Bertz CT molecular complexity index is 149. The molecule has 0 spiro atoms. The number of aliphatic carboxylic acids is 1. The van der Waals surface area contributed by atoms with Gasteiger partial charge in [-0.3, -0.25) is 9.00 Å². The van der Waals surface area contributed by atoms with Crippen LogP contribution in [0.1, 0.15) is 6.42 Å². The van der Waals surface area contributed by atoms with Crippen molar-refractivity contribution in [3.63, 3.8) is 0 Å². The van der Waals surface area contributed by atoms with Crippen LogP contribution >= 0.6 is 0 Å². The van der Waals surface area contributed by atoms with Crippen molar-refractivity contribution in [2.45, 2.75) is 12.5 Å². The zero-order valence-corrected chi connectivity index (χ0v) is 7.06. The monoisotopic (exact) mass is 183 g/mol. The number of nitrogens with two attached hydrogens (primary N) is 1. The lowest BCUT2D eigenvalue weighted by molar-refractivity contribution is -0.138. The van der Waals surface area contributed by atoms with Crippen molar-refractivity contribution in [2.24, 2.45) is 5.73 Å². The molecule has 0 aromatic carbocycles. The van der Waals surface area contributed by atoms with E-state index in [9.17, 15) is 9.00 Å². The Morgan fingerprint density at radius 1 is 1.73 bits per heavy atom. The minimum atomic E-state index is -1.04. The molecule has 0 saturated carbocycles. The van der Waals surface area contributed by atoms with Crippen LogP contribution in [0, 0.1) is 0 Å². The standard InChI is InChI=1S/C5H11NO3S.H2O/c1-10(9)3-2-4(6)5(7)8;/h4H,2-3,6H2,1H3,(H,7,8);1H2/t4-,10?;/m0./s1. The fraction of sp³-hybridized carbons (Fsp3) is 0.800. The Balaban J connectivity index is 0. The van der Waals surface area contributed by atoms with Gasteiger partial charge in [0.1, 0.15) is 6.04 Å². The average molecular weight is 183 g/mol. The number of rotatable bonds is 4. The first-order valence-corrected chi connectivity index (χ1v) is 4.55.